The summed E-state index contributed by atoms with van der Waals surface area (Å²) in [5.74, 6) is -0.0950. The number of halogens is 1. The van der Waals surface area contributed by atoms with Crippen LogP contribution in [0.1, 0.15) is 23.7 Å². The van der Waals surface area contributed by atoms with Gasteiger partial charge in [0.05, 0.1) is 22.7 Å². The quantitative estimate of drug-likeness (QED) is 0.837. The first-order valence-electron chi connectivity index (χ1n) is 5.94. The van der Waals surface area contributed by atoms with E-state index in [0.717, 1.165) is 6.42 Å². The minimum Gasteiger partial charge on any atom is -0.399 e. The zero-order valence-corrected chi connectivity index (χ0v) is 11.3. The molecule has 1 amide bonds. The van der Waals surface area contributed by atoms with Crippen LogP contribution in [0.3, 0.4) is 0 Å². The molecular formula is C13H17ClN2O2. The molecule has 4 nitrogen and oxygen atoms in total. The molecule has 1 aromatic rings. The van der Waals surface area contributed by atoms with Crippen LogP contribution in [-0.2, 0) is 4.74 Å². The summed E-state index contributed by atoms with van der Waals surface area (Å²) in [6, 6.07) is 5.04. The molecule has 1 aromatic carbocycles. The molecular weight excluding hydrogens is 252 g/mol. The van der Waals surface area contributed by atoms with E-state index < -0.39 is 0 Å². The zero-order chi connectivity index (χ0) is 13.3. The lowest BCUT2D eigenvalue weighted by atomic mass is 10.1. The third kappa shape index (κ3) is 2.44. The largest absolute Gasteiger partial charge is 0.399 e. The Morgan fingerprint density at radius 1 is 1.56 bits per heavy atom. The van der Waals surface area contributed by atoms with E-state index in [1.165, 1.54) is 0 Å². The Labute approximate surface area is 112 Å². The summed E-state index contributed by atoms with van der Waals surface area (Å²) in [6.45, 7) is 2.67. The molecule has 0 aliphatic carbocycles. The number of amides is 1. The standard InChI is InChI=1S/C13H17ClN2O2/c1-8-12(5-6-18-8)16(2)13(17)10-4-3-9(15)7-11(10)14/h3-4,7-8,12H,5-6,15H2,1-2H3. The molecule has 1 fully saturated rings. The second-order valence-corrected chi connectivity index (χ2v) is 4.99. The van der Waals surface area contributed by atoms with Crippen LogP contribution in [0.15, 0.2) is 18.2 Å². The van der Waals surface area contributed by atoms with Crippen LogP contribution in [0.25, 0.3) is 0 Å². The molecule has 2 unspecified atom stereocenters. The Morgan fingerprint density at radius 3 is 2.83 bits per heavy atom. The van der Waals surface area contributed by atoms with Gasteiger partial charge < -0.3 is 15.4 Å². The highest BCUT2D eigenvalue weighted by molar-refractivity contribution is 6.34. The lowest BCUT2D eigenvalue weighted by molar-refractivity contribution is 0.0575. The summed E-state index contributed by atoms with van der Waals surface area (Å²) in [6.07, 6.45) is 0.919. The second kappa shape index (κ2) is 5.16. The number of nitrogens with zero attached hydrogens (tertiary/aromatic N) is 1. The van der Waals surface area contributed by atoms with Crippen LogP contribution in [-0.4, -0.2) is 36.6 Å². The predicted octanol–water partition coefficient (Wildman–Crippen LogP) is 2.17. The Morgan fingerprint density at radius 2 is 2.28 bits per heavy atom. The Kier molecular flexibility index (Phi) is 3.78. The van der Waals surface area contributed by atoms with Crippen LogP contribution >= 0.6 is 11.6 Å². The normalized spacial score (nSPS) is 23.1. The van der Waals surface area contributed by atoms with Gasteiger partial charge in [-0.05, 0) is 31.5 Å². The van der Waals surface area contributed by atoms with Crippen LogP contribution in [0.5, 0.6) is 0 Å². The summed E-state index contributed by atoms with van der Waals surface area (Å²) in [4.78, 5) is 14.1. The van der Waals surface area contributed by atoms with Gasteiger partial charge in [-0.15, -0.1) is 0 Å². The van der Waals surface area contributed by atoms with E-state index in [1.807, 2.05) is 6.92 Å². The van der Waals surface area contributed by atoms with Crippen molar-refractivity contribution >= 4 is 23.2 Å². The van der Waals surface area contributed by atoms with E-state index in [9.17, 15) is 4.79 Å². The molecule has 0 aromatic heterocycles. The maximum Gasteiger partial charge on any atom is 0.255 e. The third-order valence-electron chi connectivity index (χ3n) is 3.38. The number of benzene rings is 1. The van der Waals surface area contributed by atoms with Gasteiger partial charge in [-0.3, -0.25) is 4.79 Å². The van der Waals surface area contributed by atoms with Gasteiger partial charge in [0.25, 0.3) is 5.91 Å². The van der Waals surface area contributed by atoms with Crippen molar-refractivity contribution < 1.29 is 9.53 Å². The first-order chi connectivity index (χ1) is 8.50. The van der Waals surface area contributed by atoms with E-state index in [4.69, 9.17) is 22.1 Å². The number of hydrogen-bond donors (Lipinski definition) is 1. The minimum absolute atomic E-state index is 0.0616. The smallest absolute Gasteiger partial charge is 0.255 e. The van der Waals surface area contributed by atoms with Crippen molar-refractivity contribution in [2.45, 2.75) is 25.5 Å². The van der Waals surface area contributed by atoms with Gasteiger partial charge in [0, 0.05) is 19.3 Å². The van der Waals surface area contributed by atoms with Crippen molar-refractivity contribution in [1.82, 2.24) is 4.90 Å². The van der Waals surface area contributed by atoms with Gasteiger partial charge in [-0.25, -0.2) is 0 Å². The fourth-order valence-electron chi connectivity index (χ4n) is 2.27. The molecule has 18 heavy (non-hydrogen) atoms. The molecule has 2 N–H and O–H groups in total. The number of nitrogen functional groups attached to an aromatic ring is 1. The molecule has 98 valence electrons. The maximum atomic E-state index is 12.4. The van der Waals surface area contributed by atoms with Crippen molar-refractivity contribution in [3.63, 3.8) is 0 Å². The number of carbonyl (C=O) groups excluding carboxylic acids is 1. The van der Waals surface area contributed by atoms with Gasteiger partial charge in [0.1, 0.15) is 0 Å². The topological polar surface area (TPSA) is 55.6 Å². The zero-order valence-electron chi connectivity index (χ0n) is 10.5. The Balaban J connectivity index is 2.20. The second-order valence-electron chi connectivity index (χ2n) is 4.59. The molecule has 1 aliphatic rings. The molecule has 0 saturated carbocycles. The lowest BCUT2D eigenvalue weighted by Crippen LogP contribution is -2.41. The average molecular weight is 269 g/mol. The molecule has 0 bridgehead atoms. The molecule has 5 heteroatoms. The monoisotopic (exact) mass is 268 g/mol. The SMILES string of the molecule is CC1OCCC1N(C)C(=O)c1ccc(N)cc1Cl. The van der Waals surface area contributed by atoms with E-state index in [0.29, 0.717) is 22.9 Å². The Hall–Kier alpha value is -1.26. The van der Waals surface area contributed by atoms with Crippen molar-refractivity contribution in [2.75, 3.05) is 19.4 Å². The van der Waals surface area contributed by atoms with Crippen molar-refractivity contribution in [1.29, 1.82) is 0 Å². The summed E-state index contributed by atoms with van der Waals surface area (Å²) < 4.78 is 5.48. The molecule has 0 spiro atoms. The number of ether oxygens (including phenoxy) is 1. The van der Waals surface area contributed by atoms with E-state index in [2.05, 4.69) is 0 Å². The van der Waals surface area contributed by atoms with Crippen LogP contribution in [0.4, 0.5) is 5.69 Å². The third-order valence-corrected chi connectivity index (χ3v) is 3.69. The summed E-state index contributed by atoms with van der Waals surface area (Å²) in [7, 11) is 1.78. The van der Waals surface area contributed by atoms with Gasteiger partial charge >= 0.3 is 0 Å². The predicted molar refractivity (Wildman–Crippen MR) is 71.8 cm³/mol. The fourth-order valence-corrected chi connectivity index (χ4v) is 2.54. The highest BCUT2D eigenvalue weighted by atomic mass is 35.5. The van der Waals surface area contributed by atoms with E-state index in [1.54, 1.807) is 30.1 Å². The first kappa shape index (κ1) is 13.2. The van der Waals surface area contributed by atoms with Gasteiger partial charge in [-0.1, -0.05) is 11.6 Å². The van der Waals surface area contributed by atoms with Crippen molar-refractivity contribution in [3.8, 4) is 0 Å². The number of rotatable bonds is 2. The number of likely N-dealkylation sites (N-methyl/N-ethyl adjacent to an activating group) is 1. The van der Waals surface area contributed by atoms with E-state index >= 15 is 0 Å². The molecule has 1 saturated heterocycles. The fraction of sp³-hybridized carbons (Fsp3) is 0.462. The van der Waals surface area contributed by atoms with Crippen molar-refractivity contribution in [3.05, 3.63) is 28.8 Å². The van der Waals surface area contributed by atoms with Gasteiger partial charge in [0.2, 0.25) is 0 Å². The average Bonchev–Trinajstić information content (AvgIpc) is 2.74. The number of carbonyl (C=O) groups is 1. The van der Waals surface area contributed by atoms with Gasteiger partial charge in [-0.2, -0.15) is 0 Å². The summed E-state index contributed by atoms with van der Waals surface area (Å²) >= 11 is 6.05. The minimum atomic E-state index is -0.0950. The first-order valence-corrected chi connectivity index (χ1v) is 6.32. The van der Waals surface area contributed by atoms with Crippen LogP contribution < -0.4 is 5.73 Å². The maximum absolute atomic E-state index is 12.4. The highest BCUT2D eigenvalue weighted by Crippen LogP contribution is 2.24. The highest BCUT2D eigenvalue weighted by Gasteiger charge is 2.31. The van der Waals surface area contributed by atoms with Crippen molar-refractivity contribution in [2.24, 2.45) is 0 Å². The number of nitrogens with two attached hydrogens (primary N) is 1. The lowest BCUT2D eigenvalue weighted by Gasteiger charge is -2.27. The molecule has 2 rings (SSSR count). The van der Waals surface area contributed by atoms with E-state index in [-0.39, 0.29) is 18.1 Å². The van der Waals surface area contributed by atoms with Crippen LogP contribution in [0, 0.1) is 0 Å². The molecule has 0 radical (unpaired) electrons. The Bertz CT molecular complexity index is 464. The van der Waals surface area contributed by atoms with Gasteiger partial charge in [0.15, 0.2) is 0 Å². The summed E-state index contributed by atoms with van der Waals surface area (Å²) in [5.41, 5.74) is 6.65. The molecule has 1 heterocycles. The number of hydrogen-bond acceptors (Lipinski definition) is 3. The summed E-state index contributed by atoms with van der Waals surface area (Å²) in [5, 5.41) is 0.387. The molecule has 1 aliphatic heterocycles. The molecule has 2 atom stereocenters. The van der Waals surface area contributed by atoms with Crippen LogP contribution in [0.2, 0.25) is 5.02 Å². The number of anilines is 1.